The van der Waals surface area contributed by atoms with E-state index in [1.807, 2.05) is 36.4 Å². The monoisotopic (exact) mass is 548 g/mol. The highest BCUT2D eigenvalue weighted by Crippen LogP contribution is 2.24. The highest BCUT2D eigenvalue weighted by atomic mass is 32.1. The predicted octanol–water partition coefficient (Wildman–Crippen LogP) is 3.89. The highest BCUT2D eigenvalue weighted by molar-refractivity contribution is 7.07. The van der Waals surface area contributed by atoms with Crippen molar-refractivity contribution in [2.24, 2.45) is 0 Å². The van der Waals surface area contributed by atoms with E-state index in [4.69, 9.17) is 4.42 Å². The number of amides is 1. The third-order valence-corrected chi connectivity index (χ3v) is 7.04. The third-order valence-electron chi connectivity index (χ3n) is 5.95. The molecule has 1 amide bonds. The standard InChI is InChI=1S/C30H20N4O5S/c31-18-25(28(35)32-19-20-7-3-1-4-8-20)30-33(22-9-5-2-6-10-22)29(36)27(40-30)17-24-15-16-26(39-24)21-11-13-23(14-12-21)34(37)38/h1-17H,19H2,(H,32,35)/b27-17+,30-25-. The Hall–Kier alpha value is -5.53. The van der Waals surface area contributed by atoms with Crippen LogP contribution >= 0.6 is 11.3 Å². The van der Waals surface area contributed by atoms with Crippen molar-refractivity contribution < 1.29 is 14.1 Å². The summed E-state index contributed by atoms with van der Waals surface area (Å²) in [5, 5.41) is 23.7. The Balaban J connectivity index is 1.58. The number of hydrogen-bond acceptors (Lipinski definition) is 7. The number of hydrogen-bond donors (Lipinski definition) is 1. The van der Waals surface area contributed by atoms with Gasteiger partial charge in [0.25, 0.3) is 17.2 Å². The lowest BCUT2D eigenvalue weighted by molar-refractivity contribution is -0.384. The lowest BCUT2D eigenvalue weighted by Crippen LogP contribution is -2.33. The summed E-state index contributed by atoms with van der Waals surface area (Å²) in [6, 6.07) is 29.3. The second-order valence-electron chi connectivity index (χ2n) is 8.55. The van der Waals surface area contributed by atoms with Crippen molar-refractivity contribution in [3.63, 3.8) is 0 Å². The predicted molar refractivity (Wildman–Crippen MR) is 151 cm³/mol. The molecule has 2 heterocycles. The maximum absolute atomic E-state index is 13.6. The Morgan fingerprint density at radius 3 is 2.33 bits per heavy atom. The highest BCUT2D eigenvalue weighted by Gasteiger charge is 2.17. The Morgan fingerprint density at radius 1 is 1.00 bits per heavy atom. The van der Waals surface area contributed by atoms with Gasteiger partial charge in [-0.15, -0.1) is 11.3 Å². The fraction of sp³-hybridized carbons (Fsp3) is 0.0333. The molecule has 0 spiro atoms. The van der Waals surface area contributed by atoms with Crippen LogP contribution in [0.4, 0.5) is 5.69 Å². The molecule has 5 aromatic rings. The molecule has 0 aliphatic carbocycles. The molecule has 0 saturated carbocycles. The number of carbonyl (C=O) groups is 1. The molecule has 10 heteroatoms. The maximum atomic E-state index is 13.6. The van der Waals surface area contributed by atoms with E-state index in [1.165, 1.54) is 16.7 Å². The van der Waals surface area contributed by atoms with E-state index >= 15 is 0 Å². The van der Waals surface area contributed by atoms with E-state index in [1.54, 1.807) is 60.7 Å². The van der Waals surface area contributed by atoms with Crippen molar-refractivity contribution in [3.8, 4) is 23.1 Å². The molecule has 0 atom stereocenters. The van der Waals surface area contributed by atoms with Gasteiger partial charge in [-0.2, -0.15) is 5.26 Å². The van der Waals surface area contributed by atoms with Gasteiger partial charge in [-0.1, -0.05) is 48.5 Å². The lowest BCUT2D eigenvalue weighted by Gasteiger charge is -2.06. The fourth-order valence-electron chi connectivity index (χ4n) is 3.99. The minimum absolute atomic E-state index is 0.0352. The molecular weight excluding hydrogens is 528 g/mol. The molecule has 0 bridgehead atoms. The van der Waals surface area contributed by atoms with Gasteiger partial charge in [0.2, 0.25) is 0 Å². The van der Waals surface area contributed by atoms with Crippen LogP contribution in [0.3, 0.4) is 0 Å². The van der Waals surface area contributed by atoms with E-state index in [0.717, 1.165) is 16.9 Å². The summed E-state index contributed by atoms with van der Waals surface area (Å²) in [6.45, 7) is 0.225. The minimum Gasteiger partial charge on any atom is -0.457 e. The Labute approximate surface area is 231 Å². The van der Waals surface area contributed by atoms with Crippen molar-refractivity contribution in [2.45, 2.75) is 6.54 Å². The summed E-state index contributed by atoms with van der Waals surface area (Å²) in [5.41, 5.74) is 1.38. The fourth-order valence-corrected chi connectivity index (χ4v) is 5.07. The van der Waals surface area contributed by atoms with Crippen LogP contribution in [0.1, 0.15) is 11.3 Å². The van der Waals surface area contributed by atoms with Gasteiger partial charge in [0.05, 0.1) is 15.1 Å². The van der Waals surface area contributed by atoms with Crippen LogP contribution in [-0.4, -0.2) is 15.4 Å². The number of non-ortho nitro benzene ring substituents is 1. The average molecular weight is 549 g/mol. The number of furan rings is 1. The second-order valence-corrected chi connectivity index (χ2v) is 9.58. The number of nitro groups is 1. The summed E-state index contributed by atoms with van der Waals surface area (Å²) in [6.07, 6.45) is 1.54. The van der Waals surface area contributed by atoms with E-state index in [9.17, 15) is 25.0 Å². The lowest BCUT2D eigenvalue weighted by atomic mass is 10.1. The van der Waals surface area contributed by atoms with Crippen LogP contribution in [0, 0.1) is 21.4 Å². The number of rotatable bonds is 7. The first kappa shape index (κ1) is 26.1. The molecule has 0 aliphatic rings. The van der Waals surface area contributed by atoms with Gasteiger partial charge in [0.15, 0.2) is 5.57 Å². The van der Waals surface area contributed by atoms with Crippen molar-refractivity contribution in [1.82, 2.24) is 9.88 Å². The number of nitro benzene ring substituents is 1. The van der Waals surface area contributed by atoms with Gasteiger partial charge in [0.1, 0.15) is 22.3 Å². The Kier molecular flexibility index (Phi) is 7.48. The molecule has 40 heavy (non-hydrogen) atoms. The number of nitrogens with zero attached hydrogens (tertiary/aromatic N) is 3. The topological polar surface area (TPSA) is 131 Å². The molecule has 5 rings (SSSR count). The van der Waals surface area contributed by atoms with Crippen LogP contribution < -0.4 is 20.1 Å². The average Bonchev–Trinajstić information content (AvgIpc) is 3.58. The number of nitriles is 1. The summed E-state index contributed by atoms with van der Waals surface area (Å²) in [5.74, 6) is 0.235. The number of benzene rings is 3. The quantitative estimate of drug-likeness (QED) is 0.243. The van der Waals surface area contributed by atoms with E-state index in [-0.39, 0.29) is 27.0 Å². The normalized spacial score (nSPS) is 12.0. The van der Waals surface area contributed by atoms with Crippen molar-refractivity contribution in [1.29, 1.82) is 5.26 Å². The first-order chi connectivity index (χ1) is 19.4. The Bertz CT molecular complexity index is 1920. The largest absolute Gasteiger partial charge is 0.457 e. The van der Waals surface area contributed by atoms with Crippen LogP contribution in [0.25, 0.3) is 28.7 Å². The maximum Gasteiger partial charge on any atom is 0.273 e. The zero-order valence-electron chi connectivity index (χ0n) is 20.8. The van der Waals surface area contributed by atoms with Gasteiger partial charge in [-0.3, -0.25) is 24.3 Å². The van der Waals surface area contributed by atoms with E-state index < -0.39 is 16.4 Å². The number of nitrogens with one attached hydrogen (secondary N) is 1. The van der Waals surface area contributed by atoms with E-state index in [0.29, 0.717) is 22.8 Å². The number of carbonyl (C=O) groups excluding carboxylic acids is 1. The molecule has 196 valence electrons. The summed E-state index contributed by atoms with van der Waals surface area (Å²) in [4.78, 5) is 37.1. The van der Waals surface area contributed by atoms with Crippen molar-refractivity contribution in [2.75, 3.05) is 0 Å². The van der Waals surface area contributed by atoms with Crippen molar-refractivity contribution >= 4 is 34.6 Å². The summed E-state index contributed by atoms with van der Waals surface area (Å²) >= 11 is 1.01. The molecule has 0 radical (unpaired) electrons. The van der Waals surface area contributed by atoms with Crippen molar-refractivity contribution in [3.05, 3.63) is 138 Å². The second kappa shape index (κ2) is 11.5. The molecule has 9 nitrogen and oxygen atoms in total. The number of thiazole rings is 1. The molecule has 3 aromatic carbocycles. The van der Waals surface area contributed by atoms with Crippen LogP contribution in [0.2, 0.25) is 0 Å². The van der Waals surface area contributed by atoms with Gasteiger partial charge in [-0.05, 0) is 42.0 Å². The van der Waals surface area contributed by atoms with Crippen LogP contribution in [0.5, 0.6) is 0 Å². The molecular formula is C30H20N4O5S. The molecule has 1 N–H and O–H groups in total. The van der Waals surface area contributed by atoms with Gasteiger partial charge >= 0.3 is 0 Å². The number of aromatic nitrogens is 1. The van der Waals surface area contributed by atoms with Crippen LogP contribution in [0.15, 0.2) is 106 Å². The van der Waals surface area contributed by atoms with Gasteiger partial charge in [-0.25, -0.2) is 0 Å². The molecule has 0 unspecified atom stereocenters. The zero-order valence-corrected chi connectivity index (χ0v) is 21.6. The zero-order chi connectivity index (χ0) is 28.1. The van der Waals surface area contributed by atoms with Gasteiger partial charge in [0, 0.05) is 30.3 Å². The third kappa shape index (κ3) is 5.50. The number of para-hydroxylation sites is 1. The molecule has 0 saturated heterocycles. The first-order valence-electron chi connectivity index (χ1n) is 12.0. The minimum atomic E-state index is -0.595. The molecule has 2 aromatic heterocycles. The summed E-state index contributed by atoms with van der Waals surface area (Å²) < 4.78 is 7.68. The SMILES string of the molecule is N#C/C(C(=O)NCc1ccccc1)=c1/s/c(=C/c2ccc(-c3ccc([N+](=O)[O-])cc3)o2)c(=O)n1-c1ccccc1. The Morgan fingerprint density at radius 2 is 1.68 bits per heavy atom. The summed E-state index contributed by atoms with van der Waals surface area (Å²) in [7, 11) is 0. The van der Waals surface area contributed by atoms with Crippen LogP contribution in [-0.2, 0) is 11.3 Å². The molecule has 0 aliphatic heterocycles. The first-order valence-corrected chi connectivity index (χ1v) is 12.9. The van der Waals surface area contributed by atoms with Gasteiger partial charge < -0.3 is 9.73 Å². The molecule has 0 fully saturated rings. The van der Waals surface area contributed by atoms with E-state index in [2.05, 4.69) is 5.32 Å². The smallest absolute Gasteiger partial charge is 0.273 e.